The molecule has 2 atom stereocenters. The Bertz CT molecular complexity index is 1880. The molecule has 54 heavy (non-hydrogen) atoms. The van der Waals surface area contributed by atoms with Crippen molar-refractivity contribution in [1.29, 1.82) is 0 Å². The van der Waals surface area contributed by atoms with Crippen molar-refractivity contribution in [3.05, 3.63) is 74.2 Å². The lowest BCUT2D eigenvalue weighted by molar-refractivity contribution is -0.131. The van der Waals surface area contributed by atoms with Crippen LogP contribution in [0.1, 0.15) is 92.6 Å². The minimum Gasteiger partial charge on any atom is -0.453 e. The van der Waals surface area contributed by atoms with Crippen molar-refractivity contribution >= 4 is 71.0 Å². The molecule has 2 aliphatic rings. The van der Waals surface area contributed by atoms with Crippen LogP contribution in [0, 0.1) is 11.7 Å². The zero-order valence-corrected chi connectivity index (χ0v) is 34.2. The number of methoxy groups -OCH3 is 1. The number of ketones is 1. The Labute approximate surface area is 330 Å². The van der Waals surface area contributed by atoms with Gasteiger partial charge in [-0.15, -0.1) is 0 Å². The number of Topliss-reactive ketones (excluding diaryl/α,β-unsaturated/α-hetero) is 1. The smallest absolute Gasteiger partial charge is 0.411 e. The lowest BCUT2D eigenvalue weighted by Gasteiger charge is -2.34. The number of benzene rings is 2. The van der Waals surface area contributed by atoms with E-state index in [1.807, 2.05) is 32.9 Å². The molecule has 3 aromatic rings. The number of hydrogen-bond acceptors (Lipinski definition) is 8. The first kappa shape index (κ1) is 41.7. The van der Waals surface area contributed by atoms with Gasteiger partial charge in [0.1, 0.15) is 0 Å². The lowest BCUT2D eigenvalue weighted by Crippen LogP contribution is -2.39. The van der Waals surface area contributed by atoms with Gasteiger partial charge in [0.05, 0.1) is 54.5 Å². The molecule has 15 heteroatoms. The van der Waals surface area contributed by atoms with Gasteiger partial charge in [-0.2, -0.15) is 0 Å². The van der Waals surface area contributed by atoms with E-state index in [0.717, 1.165) is 48.1 Å². The molecule has 0 radical (unpaired) electrons. The van der Waals surface area contributed by atoms with Gasteiger partial charge in [0.15, 0.2) is 20.0 Å². The standard InChI is InChI=1S/C39H46BrClFN4O7P/c1-5-52-54(53-6-2)22-35(48)46(19-18-34(47)36-28(40)16-17-29(41)37(36)42)33-13-9-10-23(3)38(49)45-31-20-24(43-39(50)51-4)14-15-26(31)27-21-32(33)44-30-12-8-7-11-25(27)30/h14-17,20-21,23,33H,5-13,18-19,22H2,1-4H3,(H,43,50)(H,45,49). The number of fused-ring (bicyclic) bond motifs is 6. The molecular formula is C39H46BrClFN4O7P. The summed E-state index contributed by atoms with van der Waals surface area (Å²) in [7, 11) is -0.291. The maximum atomic E-state index is 15.2. The number of pyridine rings is 1. The van der Waals surface area contributed by atoms with Crippen molar-refractivity contribution in [2.24, 2.45) is 5.92 Å². The molecule has 2 aromatic carbocycles. The highest BCUT2D eigenvalue weighted by molar-refractivity contribution is 9.10. The molecule has 290 valence electrons. The van der Waals surface area contributed by atoms with Crippen LogP contribution in [-0.4, -0.2) is 66.6 Å². The SMILES string of the molecule is CCOP(CC(=O)N(CCC(=O)c1c(Br)ccc(Cl)c1F)C1CCCC(C)C(=O)Nc2cc(NC(=O)OC)ccc2-c2cc1nc1c2CCCC1)OCC. The Balaban J connectivity index is 1.65. The van der Waals surface area contributed by atoms with Gasteiger partial charge in [0.25, 0.3) is 0 Å². The number of nitrogens with zero attached hydrogens (tertiary/aromatic N) is 2. The third kappa shape index (κ3) is 10.0. The summed E-state index contributed by atoms with van der Waals surface area (Å²) in [6.07, 6.45) is 4.06. The minimum absolute atomic E-state index is 0.0363. The highest BCUT2D eigenvalue weighted by Crippen LogP contribution is 2.42. The molecule has 3 amide bonds. The Morgan fingerprint density at radius 1 is 1.06 bits per heavy atom. The van der Waals surface area contributed by atoms with Crippen LogP contribution in [0.2, 0.25) is 5.02 Å². The van der Waals surface area contributed by atoms with Gasteiger partial charge in [0, 0.05) is 40.3 Å². The third-order valence-corrected chi connectivity index (χ3v) is 12.2. The molecule has 0 spiro atoms. The molecule has 0 saturated carbocycles. The predicted octanol–water partition coefficient (Wildman–Crippen LogP) is 9.65. The van der Waals surface area contributed by atoms with Crippen LogP contribution in [-0.2, 0) is 36.2 Å². The molecule has 1 aliphatic heterocycles. The van der Waals surface area contributed by atoms with Gasteiger partial charge in [-0.1, -0.05) is 31.0 Å². The van der Waals surface area contributed by atoms with Crippen LogP contribution in [0.3, 0.4) is 0 Å². The third-order valence-electron chi connectivity index (χ3n) is 9.63. The van der Waals surface area contributed by atoms with E-state index >= 15 is 4.39 Å². The Hall–Kier alpha value is -3.48. The van der Waals surface area contributed by atoms with Crippen molar-refractivity contribution in [1.82, 2.24) is 9.88 Å². The van der Waals surface area contributed by atoms with Gasteiger partial charge in [-0.05, 0) is 110 Å². The summed E-state index contributed by atoms with van der Waals surface area (Å²) in [5.74, 6) is -2.21. The molecular weight excluding hydrogens is 802 g/mol. The van der Waals surface area contributed by atoms with Crippen LogP contribution in [0.25, 0.3) is 11.1 Å². The Kier molecular flexibility index (Phi) is 15.0. The Morgan fingerprint density at radius 2 is 1.80 bits per heavy atom. The minimum atomic E-state index is -1.57. The van der Waals surface area contributed by atoms with Crippen LogP contribution >= 0.6 is 35.9 Å². The van der Waals surface area contributed by atoms with E-state index in [1.54, 1.807) is 17.0 Å². The van der Waals surface area contributed by atoms with Crippen molar-refractivity contribution < 1.29 is 37.4 Å². The van der Waals surface area contributed by atoms with E-state index < -0.39 is 38.0 Å². The van der Waals surface area contributed by atoms with Crippen molar-refractivity contribution in [3.63, 3.8) is 0 Å². The van der Waals surface area contributed by atoms with Crippen LogP contribution in [0.15, 0.2) is 40.9 Å². The molecule has 0 saturated heterocycles. The van der Waals surface area contributed by atoms with Gasteiger partial charge < -0.3 is 24.0 Å². The number of carbonyl (C=O) groups excluding carboxylic acids is 4. The van der Waals surface area contributed by atoms with Crippen LogP contribution < -0.4 is 10.6 Å². The largest absolute Gasteiger partial charge is 0.453 e. The van der Waals surface area contributed by atoms with E-state index in [9.17, 15) is 19.2 Å². The summed E-state index contributed by atoms with van der Waals surface area (Å²) >= 11 is 9.36. The number of hydrogen-bond donors (Lipinski definition) is 2. The van der Waals surface area contributed by atoms with Crippen LogP contribution in [0.5, 0.6) is 0 Å². The second-order valence-electron chi connectivity index (χ2n) is 13.2. The maximum absolute atomic E-state index is 15.2. The quantitative estimate of drug-likeness (QED) is 0.105. The number of carbonyl (C=O) groups is 4. The average molecular weight is 848 g/mol. The highest BCUT2D eigenvalue weighted by atomic mass is 79.9. The fraction of sp³-hybridized carbons (Fsp3) is 0.462. The van der Waals surface area contributed by atoms with Crippen molar-refractivity contribution in [3.8, 4) is 11.1 Å². The number of aromatic nitrogens is 1. The first-order valence-electron chi connectivity index (χ1n) is 18.3. The van der Waals surface area contributed by atoms with Crippen molar-refractivity contribution in [2.75, 3.05) is 43.7 Å². The predicted molar refractivity (Wildman–Crippen MR) is 212 cm³/mol. The average Bonchev–Trinajstić information content (AvgIpc) is 3.15. The molecule has 1 aromatic heterocycles. The summed E-state index contributed by atoms with van der Waals surface area (Å²) in [6.45, 7) is 6.20. The van der Waals surface area contributed by atoms with Gasteiger partial charge >= 0.3 is 6.09 Å². The van der Waals surface area contributed by atoms with Gasteiger partial charge in [-0.25, -0.2) is 9.18 Å². The number of anilines is 2. The molecule has 2 bridgehead atoms. The second kappa shape index (κ2) is 19.4. The number of rotatable bonds is 12. The highest BCUT2D eigenvalue weighted by Gasteiger charge is 2.33. The summed E-state index contributed by atoms with van der Waals surface area (Å²) in [6, 6.07) is 9.61. The molecule has 11 nitrogen and oxygen atoms in total. The van der Waals surface area contributed by atoms with E-state index in [1.165, 1.54) is 19.2 Å². The molecule has 5 rings (SSSR count). The molecule has 2 N–H and O–H groups in total. The topological polar surface area (TPSA) is 136 Å². The van der Waals surface area contributed by atoms with Crippen molar-refractivity contribution in [2.45, 2.75) is 78.2 Å². The lowest BCUT2D eigenvalue weighted by atomic mass is 9.86. The number of amides is 3. The van der Waals surface area contributed by atoms with E-state index in [0.29, 0.717) is 49.5 Å². The number of ether oxygens (including phenoxy) is 1. The molecule has 1 aliphatic carbocycles. The zero-order chi connectivity index (χ0) is 38.9. The summed E-state index contributed by atoms with van der Waals surface area (Å²) in [5, 5.41) is 5.62. The van der Waals surface area contributed by atoms with E-state index in [4.69, 9.17) is 30.4 Å². The number of nitrogens with one attached hydrogen (secondary N) is 2. The van der Waals surface area contributed by atoms with Gasteiger partial charge in [-0.3, -0.25) is 24.7 Å². The molecule has 2 unspecified atom stereocenters. The molecule has 0 fully saturated rings. The van der Waals surface area contributed by atoms with Gasteiger partial charge in [0.2, 0.25) is 11.8 Å². The maximum Gasteiger partial charge on any atom is 0.411 e. The zero-order valence-electron chi connectivity index (χ0n) is 30.9. The summed E-state index contributed by atoms with van der Waals surface area (Å²) in [4.78, 5) is 60.8. The second-order valence-corrected chi connectivity index (χ2v) is 16.0. The number of aryl methyl sites for hydroxylation is 1. The Morgan fingerprint density at radius 3 is 2.52 bits per heavy atom. The summed E-state index contributed by atoms with van der Waals surface area (Å²) in [5.41, 5.74) is 5.04. The fourth-order valence-corrected chi connectivity index (χ4v) is 8.86. The van der Waals surface area contributed by atoms with Crippen LogP contribution in [0.4, 0.5) is 20.6 Å². The van der Waals surface area contributed by atoms with E-state index in [2.05, 4.69) is 26.6 Å². The number of halogens is 3. The fourth-order valence-electron chi connectivity index (χ4n) is 6.94. The monoisotopic (exact) mass is 846 g/mol. The molecule has 2 heterocycles. The summed E-state index contributed by atoms with van der Waals surface area (Å²) < 4.78 is 31.9. The normalized spacial score (nSPS) is 17.0. The first-order chi connectivity index (χ1) is 25.9. The van der Waals surface area contributed by atoms with E-state index in [-0.39, 0.29) is 46.0 Å². The first-order valence-corrected chi connectivity index (χ1v) is 20.8.